The molecule has 0 aromatic heterocycles. The van der Waals surface area contributed by atoms with Gasteiger partial charge in [-0.05, 0) is 17.9 Å². The summed E-state index contributed by atoms with van der Waals surface area (Å²) in [5.41, 5.74) is 2.53. The highest BCUT2D eigenvalue weighted by Gasteiger charge is 2.00. The van der Waals surface area contributed by atoms with Crippen molar-refractivity contribution in [2.45, 2.75) is 6.92 Å². The maximum Gasteiger partial charge on any atom is 0.0446 e. The van der Waals surface area contributed by atoms with Gasteiger partial charge >= 0.3 is 0 Å². The van der Waals surface area contributed by atoms with Crippen LogP contribution in [0.25, 0.3) is 10.8 Å². The van der Waals surface area contributed by atoms with Gasteiger partial charge < -0.3 is 5.32 Å². The van der Waals surface area contributed by atoms with Crippen molar-refractivity contribution in [2.24, 2.45) is 0 Å². The van der Waals surface area contributed by atoms with Gasteiger partial charge in [-0.25, -0.2) is 0 Å². The van der Waals surface area contributed by atoms with E-state index in [2.05, 4.69) is 48.6 Å². The topological polar surface area (TPSA) is 12.0 Å². The summed E-state index contributed by atoms with van der Waals surface area (Å²) in [6, 6.07) is 12.7. The molecule has 2 aromatic carbocycles. The molecule has 0 aliphatic rings. The zero-order valence-corrected chi connectivity index (χ0v) is 9.19. The Morgan fingerprint density at radius 3 is 2.43 bits per heavy atom. The van der Waals surface area contributed by atoms with Crippen LogP contribution in [0.15, 0.2) is 36.4 Å². The molecule has 0 heterocycles. The lowest BCUT2D eigenvalue weighted by molar-refractivity contribution is 1.43. The lowest BCUT2D eigenvalue weighted by atomic mass is 10.1. The summed E-state index contributed by atoms with van der Waals surface area (Å²) >= 11 is 0. The van der Waals surface area contributed by atoms with Gasteiger partial charge in [0.05, 0.1) is 0 Å². The molecule has 2 aromatic rings. The third-order valence-corrected chi connectivity index (χ3v) is 2.39. The van der Waals surface area contributed by atoms with Crippen LogP contribution < -0.4 is 5.32 Å². The van der Waals surface area contributed by atoms with Gasteiger partial charge in [-0.3, -0.25) is 0 Å². The van der Waals surface area contributed by atoms with Crippen molar-refractivity contribution in [3.63, 3.8) is 0 Å². The lowest BCUT2D eigenvalue weighted by Crippen LogP contribution is -1.92. The first-order valence-electron chi connectivity index (χ1n) is 4.49. The van der Waals surface area contributed by atoms with E-state index in [-0.39, 0.29) is 12.4 Å². The fraction of sp³-hybridized carbons (Fsp3) is 0.167. The van der Waals surface area contributed by atoms with E-state index < -0.39 is 0 Å². The maximum absolute atomic E-state index is 3.24. The fourth-order valence-electron chi connectivity index (χ4n) is 1.71. The Morgan fingerprint density at radius 2 is 1.71 bits per heavy atom. The van der Waals surface area contributed by atoms with Gasteiger partial charge in [-0.1, -0.05) is 36.4 Å². The molecule has 2 heteroatoms. The number of hydrogen-bond acceptors (Lipinski definition) is 1. The van der Waals surface area contributed by atoms with Crippen molar-refractivity contribution in [3.05, 3.63) is 42.0 Å². The predicted molar refractivity (Wildman–Crippen MR) is 65.5 cm³/mol. The molecule has 0 saturated carbocycles. The number of nitrogens with one attached hydrogen (secondary N) is 1. The van der Waals surface area contributed by atoms with Crippen LogP contribution in [-0.4, -0.2) is 7.05 Å². The second-order valence-electron chi connectivity index (χ2n) is 3.23. The van der Waals surface area contributed by atoms with Crippen LogP contribution >= 0.6 is 12.4 Å². The molecule has 0 atom stereocenters. The predicted octanol–water partition coefficient (Wildman–Crippen LogP) is 3.61. The normalized spacial score (nSPS) is 9.57. The number of hydrogen-bond donors (Lipinski definition) is 1. The van der Waals surface area contributed by atoms with Crippen molar-refractivity contribution in [3.8, 4) is 0 Å². The summed E-state index contributed by atoms with van der Waals surface area (Å²) in [5.74, 6) is 0. The molecule has 0 fully saturated rings. The van der Waals surface area contributed by atoms with Gasteiger partial charge in [0.1, 0.15) is 0 Å². The molecule has 0 radical (unpaired) electrons. The first kappa shape index (κ1) is 10.9. The van der Waals surface area contributed by atoms with Crippen LogP contribution in [0, 0.1) is 6.92 Å². The Kier molecular flexibility index (Phi) is 3.37. The third kappa shape index (κ3) is 1.68. The fourth-order valence-corrected chi connectivity index (χ4v) is 1.71. The van der Waals surface area contributed by atoms with Crippen molar-refractivity contribution in [1.82, 2.24) is 0 Å². The SMILES string of the molecule is CNc1c(C)ccc2ccccc12.Cl. The quantitative estimate of drug-likeness (QED) is 0.754. The van der Waals surface area contributed by atoms with Gasteiger partial charge in [0.15, 0.2) is 0 Å². The molecule has 0 bridgehead atoms. The molecule has 0 saturated heterocycles. The van der Waals surface area contributed by atoms with Crippen LogP contribution in [0.1, 0.15) is 5.56 Å². The second kappa shape index (κ2) is 4.34. The molecule has 0 aliphatic heterocycles. The summed E-state index contributed by atoms with van der Waals surface area (Å²) in [7, 11) is 1.97. The number of fused-ring (bicyclic) bond motifs is 1. The summed E-state index contributed by atoms with van der Waals surface area (Å²) in [5, 5.41) is 5.82. The highest BCUT2D eigenvalue weighted by atomic mass is 35.5. The van der Waals surface area contributed by atoms with Crippen LogP contribution in [0.5, 0.6) is 0 Å². The molecule has 0 aliphatic carbocycles. The van der Waals surface area contributed by atoms with Gasteiger partial charge in [0, 0.05) is 18.1 Å². The van der Waals surface area contributed by atoms with Crippen molar-refractivity contribution in [2.75, 3.05) is 12.4 Å². The molecular formula is C12H14ClN. The highest BCUT2D eigenvalue weighted by molar-refractivity contribution is 5.95. The van der Waals surface area contributed by atoms with Crippen LogP contribution in [0.2, 0.25) is 0 Å². The summed E-state index contributed by atoms with van der Waals surface area (Å²) < 4.78 is 0. The van der Waals surface area contributed by atoms with E-state index in [0.717, 1.165) is 0 Å². The third-order valence-electron chi connectivity index (χ3n) is 2.39. The first-order chi connectivity index (χ1) is 6.33. The number of benzene rings is 2. The lowest BCUT2D eigenvalue weighted by Gasteiger charge is -2.08. The minimum Gasteiger partial charge on any atom is -0.387 e. The van der Waals surface area contributed by atoms with E-state index in [1.54, 1.807) is 0 Å². The summed E-state index contributed by atoms with van der Waals surface area (Å²) in [6.45, 7) is 2.12. The molecule has 0 unspecified atom stereocenters. The van der Waals surface area contributed by atoms with Crippen molar-refractivity contribution in [1.29, 1.82) is 0 Å². The van der Waals surface area contributed by atoms with Crippen LogP contribution in [-0.2, 0) is 0 Å². The van der Waals surface area contributed by atoms with Crippen LogP contribution in [0.3, 0.4) is 0 Å². The Bertz CT molecular complexity index is 437. The zero-order valence-electron chi connectivity index (χ0n) is 8.37. The van der Waals surface area contributed by atoms with Gasteiger partial charge in [0.25, 0.3) is 0 Å². The Morgan fingerprint density at radius 1 is 1.00 bits per heavy atom. The highest BCUT2D eigenvalue weighted by Crippen LogP contribution is 2.26. The zero-order chi connectivity index (χ0) is 9.26. The average Bonchev–Trinajstić information content (AvgIpc) is 2.18. The van der Waals surface area contributed by atoms with E-state index in [4.69, 9.17) is 0 Å². The van der Waals surface area contributed by atoms with Crippen molar-refractivity contribution < 1.29 is 0 Å². The molecule has 1 N–H and O–H groups in total. The van der Waals surface area contributed by atoms with E-state index in [9.17, 15) is 0 Å². The van der Waals surface area contributed by atoms with Crippen molar-refractivity contribution >= 4 is 28.9 Å². The van der Waals surface area contributed by atoms with Gasteiger partial charge in [0.2, 0.25) is 0 Å². The minimum absolute atomic E-state index is 0. The van der Waals surface area contributed by atoms with Gasteiger partial charge in [-0.15, -0.1) is 12.4 Å². The van der Waals surface area contributed by atoms with E-state index in [1.165, 1.54) is 22.0 Å². The van der Waals surface area contributed by atoms with E-state index in [1.807, 2.05) is 7.05 Å². The minimum atomic E-state index is 0. The number of rotatable bonds is 1. The molecular weight excluding hydrogens is 194 g/mol. The number of halogens is 1. The molecule has 0 spiro atoms. The molecule has 1 nitrogen and oxygen atoms in total. The van der Waals surface area contributed by atoms with E-state index >= 15 is 0 Å². The van der Waals surface area contributed by atoms with E-state index in [0.29, 0.717) is 0 Å². The molecule has 74 valence electrons. The molecule has 14 heavy (non-hydrogen) atoms. The Labute approximate surface area is 90.5 Å². The Balaban J connectivity index is 0.000000980. The monoisotopic (exact) mass is 207 g/mol. The maximum atomic E-state index is 3.24. The smallest absolute Gasteiger partial charge is 0.0446 e. The molecule has 0 amide bonds. The molecule has 2 rings (SSSR count). The van der Waals surface area contributed by atoms with Crippen LogP contribution in [0.4, 0.5) is 5.69 Å². The number of aryl methyl sites for hydroxylation is 1. The first-order valence-corrected chi connectivity index (χ1v) is 4.49. The van der Waals surface area contributed by atoms with Gasteiger partial charge in [-0.2, -0.15) is 0 Å². The standard InChI is InChI=1S/C12H13N.ClH/c1-9-7-8-10-5-3-4-6-11(10)12(9)13-2;/h3-8,13H,1-2H3;1H. The summed E-state index contributed by atoms with van der Waals surface area (Å²) in [4.78, 5) is 0. The Hall–Kier alpha value is -1.21. The average molecular weight is 208 g/mol. The second-order valence-corrected chi connectivity index (χ2v) is 3.23. The summed E-state index contributed by atoms with van der Waals surface area (Å²) in [6.07, 6.45) is 0. The largest absolute Gasteiger partial charge is 0.387 e. The number of anilines is 1.